The largest absolute Gasteiger partial charge is 0.379 e. The number of aliphatic hydroxyl groups is 2. The number of rotatable bonds is 10. The van der Waals surface area contributed by atoms with Gasteiger partial charge in [-0.1, -0.05) is 206 Å². The molecule has 4 nitrogen and oxygen atoms in total. The quantitative estimate of drug-likeness (QED) is 0.129. The van der Waals surface area contributed by atoms with E-state index < -0.39 is 29.1 Å². The van der Waals surface area contributed by atoms with Gasteiger partial charge in [0.05, 0.1) is 6.04 Å². The average molecular weight is 818 g/mol. The first kappa shape index (κ1) is 39.0. The Hall–Kier alpha value is -6.92. The van der Waals surface area contributed by atoms with Crippen LogP contribution < -0.4 is 5.32 Å². The Labute approximate surface area is 367 Å². The zero-order valence-electron chi connectivity index (χ0n) is 34.8. The van der Waals surface area contributed by atoms with E-state index in [0.717, 1.165) is 54.2 Å². The molecule has 1 aliphatic rings. The molecule has 0 saturated carbocycles. The summed E-state index contributed by atoms with van der Waals surface area (Å²) in [5.41, 5.74) is 0.208. The predicted octanol–water partition coefficient (Wildman–Crippen LogP) is 12.0. The van der Waals surface area contributed by atoms with Crippen molar-refractivity contribution in [3.8, 4) is 0 Å². The van der Waals surface area contributed by atoms with Gasteiger partial charge in [0.1, 0.15) is 23.0 Å². The van der Waals surface area contributed by atoms with Crippen LogP contribution in [0.3, 0.4) is 0 Å². The topological polar surface area (TPSA) is 61.7 Å². The normalized spacial score (nSPS) is 16.5. The van der Waals surface area contributed by atoms with Gasteiger partial charge in [0, 0.05) is 12.8 Å². The molecule has 10 aromatic rings. The summed E-state index contributed by atoms with van der Waals surface area (Å²) in [6.45, 7) is 0. The lowest BCUT2D eigenvalue weighted by Crippen LogP contribution is -2.59. The summed E-state index contributed by atoms with van der Waals surface area (Å²) < 4.78 is 7.81. The lowest BCUT2D eigenvalue weighted by Gasteiger charge is -2.43. The monoisotopic (exact) mass is 817 g/mol. The third kappa shape index (κ3) is 6.98. The van der Waals surface area contributed by atoms with Gasteiger partial charge in [-0.05, 0) is 101 Å². The number of hydrogen-bond donors (Lipinski definition) is 3. The molecule has 0 amide bonds. The van der Waals surface area contributed by atoms with Crippen molar-refractivity contribution in [3.63, 3.8) is 0 Å². The molecule has 0 spiro atoms. The van der Waals surface area contributed by atoms with Crippen molar-refractivity contribution < 1.29 is 14.9 Å². The summed E-state index contributed by atoms with van der Waals surface area (Å²) in [5.74, 6) is 0. The standard InChI is InChI=1S/C59H47NO3/c61-58(51-31-27-43-19-7-11-23-47(43)35-51,52-32-28-44-20-8-12-24-48(44)36-52)55-56(63-57(60-55,39-41-15-3-1-4-16-41)40-42-17-5-2-6-18-42)59(62,53-33-29-45-21-9-13-25-49(45)37-53)54-34-30-46-22-10-14-26-50(46)38-54/h1-38,55-56,60-62H,39-40H2/t55-,56-/m1/s1. The predicted molar refractivity (Wildman–Crippen MR) is 257 cm³/mol. The van der Waals surface area contributed by atoms with Crippen molar-refractivity contribution >= 4 is 43.1 Å². The van der Waals surface area contributed by atoms with Crippen LogP contribution in [-0.4, -0.2) is 28.1 Å². The molecule has 10 aromatic carbocycles. The number of ether oxygens (including phenoxy) is 1. The Morgan fingerprint density at radius 1 is 0.365 bits per heavy atom. The summed E-state index contributed by atoms with van der Waals surface area (Å²) in [6.07, 6.45) is -0.130. The van der Waals surface area contributed by atoms with Gasteiger partial charge in [0.25, 0.3) is 0 Å². The summed E-state index contributed by atoms with van der Waals surface area (Å²) in [7, 11) is 0. The number of nitrogens with one attached hydrogen (secondary N) is 1. The maximum Gasteiger partial charge on any atom is 0.142 e. The van der Waals surface area contributed by atoms with Crippen LogP contribution in [0.1, 0.15) is 33.4 Å². The van der Waals surface area contributed by atoms with Crippen molar-refractivity contribution in [1.29, 1.82) is 0 Å². The molecule has 306 valence electrons. The second-order valence-corrected chi connectivity index (χ2v) is 17.3. The first-order valence-electron chi connectivity index (χ1n) is 21.8. The first-order chi connectivity index (χ1) is 30.9. The second-order valence-electron chi connectivity index (χ2n) is 17.3. The molecule has 1 saturated heterocycles. The Balaban J connectivity index is 1.22. The van der Waals surface area contributed by atoms with Crippen LogP contribution in [0.25, 0.3) is 43.1 Å². The van der Waals surface area contributed by atoms with E-state index in [1.54, 1.807) is 0 Å². The number of benzene rings is 10. The van der Waals surface area contributed by atoms with E-state index in [-0.39, 0.29) is 0 Å². The highest BCUT2D eigenvalue weighted by Gasteiger charge is 2.62. The molecule has 1 fully saturated rings. The Bertz CT molecular complexity index is 2880. The summed E-state index contributed by atoms with van der Waals surface area (Å²) in [5, 5.41) is 41.2. The molecule has 11 rings (SSSR count). The molecular weight excluding hydrogens is 771 g/mol. The zero-order valence-corrected chi connectivity index (χ0v) is 34.8. The SMILES string of the molecule is OC(c1ccc2ccccc2c1)(c1ccc2ccccc2c1)[C@@H]1NC(Cc2ccccc2)(Cc2ccccc2)O[C@H]1C(O)(c1ccc2ccccc2c1)c1ccc2ccccc2c1. The fourth-order valence-corrected chi connectivity index (χ4v) is 10.2. The molecule has 0 aliphatic carbocycles. The van der Waals surface area contributed by atoms with E-state index in [1.807, 2.05) is 84.9 Å². The van der Waals surface area contributed by atoms with Crippen molar-refractivity contribution in [3.05, 3.63) is 264 Å². The highest BCUT2D eigenvalue weighted by atomic mass is 16.6. The van der Waals surface area contributed by atoms with Gasteiger partial charge in [-0.3, -0.25) is 5.32 Å². The van der Waals surface area contributed by atoms with E-state index in [4.69, 9.17) is 4.74 Å². The van der Waals surface area contributed by atoms with E-state index in [0.29, 0.717) is 35.1 Å². The molecule has 63 heavy (non-hydrogen) atoms. The smallest absolute Gasteiger partial charge is 0.142 e. The summed E-state index contributed by atoms with van der Waals surface area (Å²) in [4.78, 5) is 0. The van der Waals surface area contributed by atoms with E-state index in [1.165, 1.54) is 0 Å². The molecule has 0 bridgehead atoms. The Morgan fingerprint density at radius 3 is 1.02 bits per heavy atom. The Morgan fingerprint density at radius 2 is 0.667 bits per heavy atom. The second kappa shape index (κ2) is 15.8. The van der Waals surface area contributed by atoms with Crippen LogP contribution in [0.2, 0.25) is 0 Å². The van der Waals surface area contributed by atoms with Crippen LogP contribution in [0.4, 0.5) is 0 Å². The first-order valence-corrected chi connectivity index (χ1v) is 21.8. The number of fused-ring (bicyclic) bond motifs is 4. The van der Waals surface area contributed by atoms with Gasteiger partial charge in [0.15, 0.2) is 0 Å². The number of hydrogen-bond acceptors (Lipinski definition) is 4. The maximum absolute atomic E-state index is 14.5. The minimum Gasteiger partial charge on any atom is -0.379 e. The van der Waals surface area contributed by atoms with Gasteiger partial charge in [-0.15, -0.1) is 0 Å². The van der Waals surface area contributed by atoms with Crippen molar-refractivity contribution in [2.75, 3.05) is 0 Å². The molecule has 0 unspecified atom stereocenters. The molecule has 1 aliphatic heterocycles. The Kier molecular flexibility index (Phi) is 9.75. The fraction of sp³-hybridized carbons (Fsp3) is 0.119. The lowest BCUT2D eigenvalue weighted by molar-refractivity contribution is -0.138. The van der Waals surface area contributed by atoms with Crippen LogP contribution >= 0.6 is 0 Å². The minimum absolute atomic E-state index is 0.465. The van der Waals surface area contributed by atoms with Crippen molar-refractivity contribution in [2.45, 2.75) is 41.9 Å². The molecular formula is C59H47NO3. The molecule has 2 atom stereocenters. The fourth-order valence-electron chi connectivity index (χ4n) is 10.2. The lowest BCUT2D eigenvalue weighted by atomic mass is 9.70. The third-order valence-electron chi connectivity index (χ3n) is 13.4. The van der Waals surface area contributed by atoms with E-state index >= 15 is 0 Å². The highest BCUT2D eigenvalue weighted by molar-refractivity contribution is 5.87. The molecule has 3 N–H and O–H groups in total. The highest BCUT2D eigenvalue weighted by Crippen LogP contribution is 2.50. The van der Waals surface area contributed by atoms with E-state index in [9.17, 15) is 10.2 Å². The molecule has 4 heteroatoms. The summed E-state index contributed by atoms with van der Waals surface area (Å²) >= 11 is 0. The van der Waals surface area contributed by atoms with Gasteiger partial charge < -0.3 is 14.9 Å². The van der Waals surface area contributed by atoms with Gasteiger partial charge in [-0.25, -0.2) is 0 Å². The summed E-state index contributed by atoms with van der Waals surface area (Å²) in [6, 6.07) is 77.6. The molecule has 1 heterocycles. The third-order valence-corrected chi connectivity index (χ3v) is 13.4. The van der Waals surface area contributed by atoms with Gasteiger partial charge in [0.2, 0.25) is 0 Å². The van der Waals surface area contributed by atoms with Gasteiger partial charge >= 0.3 is 0 Å². The maximum atomic E-state index is 14.5. The van der Waals surface area contributed by atoms with Crippen molar-refractivity contribution in [2.24, 2.45) is 0 Å². The molecule has 0 aromatic heterocycles. The molecule has 0 radical (unpaired) electrons. The van der Waals surface area contributed by atoms with Crippen LogP contribution in [0.15, 0.2) is 231 Å². The van der Waals surface area contributed by atoms with E-state index in [2.05, 4.69) is 151 Å². The van der Waals surface area contributed by atoms with Crippen molar-refractivity contribution in [1.82, 2.24) is 5.32 Å². The van der Waals surface area contributed by atoms with Crippen LogP contribution in [0, 0.1) is 0 Å². The average Bonchev–Trinajstić information content (AvgIpc) is 3.72. The van der Waals surface area contributed by atoms with Gasteiger partial charge in [-0.2, -0.15) is 0 Å². The minimum atomic E-state index is -1.80. The zero-order chi connectivity index (χ0) is 42.4. The van der Waals surface area contributed by atoms with Crippen LogP contribution in [0.5, 0.6) is 0 Å². The van der Waals surface area contributed by atoms with Crippen LogP contribution in [-0.2, 0) is 28.8 Å².